The number of rotatable bonds is 8. The van der Waals surface area contributed by atoms with Crippen LogP contribution in [0, 0.1) is 5.41 Å². The molecule has 3 N–H and O–H groups in total. The van der Waals surface area contributed by atoms with Gasteiger partial charge < -0.3 is 15.8 Å². The molecule has 1 amide bonds. The molecule has 0 bridgehead atoms. The average molecular weight is 389 g/mol. The van der Waals surface area contributed by atoms with Gasteiger partial charge in [-0.25, -0.2) is 9.97 Å². The van der Waals surface area contributed by atoms with Gasteiger partial charge in [0.1, 0.15) is 0 Å². The zero-order valence-corrected chi connectivity index (χ0v) is 17.5. The number of nitrogens with one attached hydrogen (secondary N) is 1. The van der Waals surface area contributed by atoms with Crippen LogP contribution in [0.15, 0.2) is 6.20 Å². The van der Waals surface area contributed by atoms with Crippen molar-refractivity contribution < 1.29 is 9.53 Å². The molecule has 0 saturated heterocycles. The Hall–Kier alpha value is -1.69. The standard InChI is InChI=1S/C22H36N4O2/c1-3-22(12-6-5-7-13-22)14-19-18(20(23)27)15-24-21(26-19)25-16-8-10-17(11-9-16)28-4-2/h15-17H,3-14H2,1-2H3,(H2,23,27)(H,24,25,26). The Morgan fingerprint density at radius 2 is 1.93 bits per heavy atom. The summed E-state index contributed by atoms with van der Waals surface area (Å²) in [7, 11) is 0. The number of nitrogens with zero attached hydrogens (tertiary/aromatic N) is 2. The van der Waals surface area contributed by atoms with Gasteiger partial charge in [0.05, 0.1) is 17.4 Å². The van der Waals surface area contributed by atoms with Gasteiger partial charge >= 0.3 is 0 Å². The minimum absolute atomic E-state index is 0.240. The summed E-state index contributed by atoms with van der Waals surface area (Å²) in [5, 5.41) is 3.49. The molecule has 28 heavy (non-hydrogen) atoms. The number of carbonyl (C=O) groups is 1. The highest BCUT2D eigenvalue weighted by atomic mass is 16.5. The molecule has 0 atom stereocenters. The maximum Gasteiger partial charge on any atom is 0.252 e. The molecule has 1 heterocycles. The van der Waals surface area contributed by atoms with Gasteiger partial charge in [0.15, 0.2) is 0 Å². The Bertz CT molecular complexity index is 650. The van der Waals surface area contributed by atoms with Crippen molar-refractivity contribution in [3.8, 4) is 0 Å². The number of anilines is 1. The second-order valence-electron chi connectivity index (χ2n) is 8.58. The molecule has 156 valence electrons. The third kappa shape index (κ3) is 5.22. The Kier molecular flexibility index (Phi) is 7.27. The molecule has 3 rings (SSSR count). The van der Waals surface area contributed by atoms with Crippen LogP contribution in [0.3, 0.4) is 0 Å². The zero-order chi connectivity index (χ0) is 20.0. The van der Waals surface area contributed by atoms with E-state index in [1.165, 1.54) is 32.1 Å². The van der Waals surface area contributed by atoms with Crippen LogP contribution < -0.4 is 11.1 Å². The first-order valence-corrected chi connectivity index (χ1v) is 11.1. The lowest BCUT2D eigenvalue weighted by Crippen LogP contribution is -2.31. The van der Waals surface area contributed by atoms with Crippen molar-refractivity contribution in [1.29, 1.82) is 0 Å². The van der Waals surface area contributed by atoms with Crippen LogP contribution in [0.4, 0.5) is 5.95 Å². The first-order chi connectivity index (χ1) is 13.5. The molecular formula is C22H36N4O2. The predicted octanol–water partition coefficient (Wildman–Crippen LogP) is 4.24. The summed E-state index contributed by atoms with van der Waals surface area (Å²) in [4.78, 5) is 21.1. The minimum Gasteiger partial charge on any atom is -0.379 e. The van der Waals surface area contributed by atoms with Crippen LogP contribution in [0.25, 0.3) is 0 Å². The van der Waals surface area contributed by atoms with Crippen molar-refractivity contribution in [1.82, 2.24) is 9.97 Å². The second-order valence-corrected chi connectivity index (χ2v) is 8.58. The topological polar surface area (TPSA) is 90.1 Å². The predicted molar refractivity (Wildman–Crippen MR) is 111 cm³/mol. The highest BCUT2D eigenvalue weighted by molar-refractivity contribution is 5.93. The molecule has 2 saturated carbocycles. The Morgan fingerprint density at radius 1 is 1.21 bits per heavy atom. The Balaban J connectivity index is 1.72. The molecule has 0 aliphatic heterocycles. The van der Waals surface area contributed by atoms with Crippen molar-refractivity contribution in [2.75, 3.05) is 11.9 Å². The number of nitrogens with two attached hydrogens (primary N) is 1. The molecular weight excluding hydrogens is 352 g/mol. The quantitative estimate of drug-likeness (QED) is 0.695. The van der Waals surface area contributed by atoms with Gasteiger partial charge in [0.25, 0.3) is 5.91 Å². The number of hydrogen-bond acceptors (Lipinski definition) is 5. The third-order valence-electron chi connectivity index (χ3n) is 6.75. The molecule has 1 aromatic rings. The Labute approximate surface area is 169 Å². The van der Waals surface area contributed by atoms with Crippen LogP contribution in [-0.4, -0.2) is 34.6 Å². The Morgan fingerprint density at radius 3 is 2.54 bits per heavy atom. The van der Waals surface area contributed by atoms with E-state index in [0.717, 1.165) is 50.8 Å². The average Bonchev–Trinajstić information content (AvgIpc) is 2.70. The minimum atomic E-state index is -0.430. The van der Waals surface area contributed by atoms with E-state index in [4.69, 9.17) is 15.5 Å². The van der Waals surface area contributed by atoms with Crippen LogP contribution in [0.1, 0.15) is 94.1 Å². The van der Waals surface area contributed by atoms with Gasteiger partial charge in [-0.05, 0) is 57.3 Å². The lowest BCUT2D eigenvalue weighted by Gasteiger charge is -2.36. The van der Waals surface area contributed by atoms with Crippen LogP contribution in [0.5, 0.6) is 0 Å². The van der Waals surface area contributed by atoms with Gasteiger partial charge in [-0.15, -0.1) is 0 Å². The fraction of sp³-hybridized carbons (Fsp3) is 0.773. The first kappa shape index (κ1) is 21.0. The second kappa shape index (κ2) is 9.68. The highest BCUT2D eigenvalue weighted by Gasteiger charge is 2.32. The first-order valence-electron chi connectivity index (χ1n) is 11.1. The lowest BCUT2D eigenvalue weighted by atomic mass is 9.69. The molecule has 0 radical (unpaired) electrons. The largest absolute Gasteiger partial charge is 0.379 e. The summed E-state index contributed by atoms with van der Waals surface area (Å²) in [5.74, 6) is 0.197. The van der Waals surface area contributed by atoms with Gasteiger partial charge in [0, 0.05) is 18.8 Å². The maximum absolute atomic E-state index is 12.0. The van der Waals surface area contributed by atoms with Crippen molar-refractivity contribution in [3.63, 3.8) is 0 Å². The van der Waals surface area contributed by atoms with E-state index >= 15 is 0 Å². The van der Waals surface area contributed by atoms with E-state index < -0.39 is 5.91 Å². The van der Waals surface area contributed by atoms with Crippen LogP contribution in [0.2, 0.25) is 0 Å². The van der Waals surface area contributed by atoms with Crippen LogP contribution >= 0.6 is 0 Å². The highest BCUT2D eigenvalue weighted by Crippen LogP contribution is 2.42. The molecule has 6 heteroatoms. The number of carbonyl (C=O) groups excluding carboxylic acids is 1. The summed E-state index contributed by atoms with van der Waals surface area (Å²) >= 11 is 0. The van der Waals surface area contributed by atoms with Gasteiger partial charge in [-0.1, -0.05) is 32.6 Å². The molecule has 1 aromatic heterocycles. The maximum atomic E-state index is 12.0. The number of primary amides is 1. The van der Waals surface area contributed by atoms with E-state index in [9.17, 15) is 4.79 Å². The summed E-state index contributed by atoms with van der Waals surface area (Å²) in [6.07, 6.45) is 14.4. The van der Waals surface area contributed by atoms with Crippen LogP contribution in [-0.2, 0) is 11.2 Å². The molecule has 0 unspecified atom stereocenters. The fourth-order valence-electron chi connectivity index (χ4n) is 4.93. The normalized spacial score (nSPS) is 24.6. The van der Waals surface area contributed by atoms with E-state index in [0.29, 0.717) is 23.7 Å². The zero-order valence-electron chi connectivity index (χ0n) is 17.5. The summed E-state index contributed by atoms with van der Waals surface area (Å²) in [6, 6.07) is 0.360. The summed E-state index contributed by atoms with van der Waals surface area (Å²) < 4.78 is 5.74. The van der Waals surface area contributed by atoms with Gasteiger partial charge in [0.2, 0.25) is 5.95 Å². The van der Waals surface area contributed by atoms with Crippen molar-refractivity contribution in [3.05, 3.63) is 17.5 Å². The van der Waals surface area contributed by atoms with E-state index in [1.807, 2.05) is 0 Å². The van der Waals surface area contributed by atoms with Gasteiger partial charge in [-0.3, -0.25) is 4.79 Å². The smallest absolute Gasteiger partial charge is 0.252 e. The molecule has 6 nitrogen and oxygen atoms in total. The van der Waals surface area contributed by atoms with E-state index in [-0.39, 0.29) is 5.41 Å². The SMILES string of the molecule is CCOC1CCC(Nc2ncc(C(N)=O)c(CC3(CC)CCCCC3)n2)CC1. The molecule has 2 fully saturated rings. The molecule has 0 aromatic carbocycles. The summed E-state index contributed by atoms with van der Waals surface area (Å²) in [6.45, 7) is 5.09. The number of ether oxygens (including phenoxy) is 1. The van der Waals surface area contributed by atoms with E-state index in [1.54, 1.807) is 6.20 Å². The van der Waals surface area contributed by atoms with E-state index in [2.05, 4.69) is 24.1 Å². The van der Waals surface area contributed by atoms with Crippen molar-refractivity contribution >= 4 is 11.9 Å². The summed E-state index contributed by atoms with van der Waals surface area (Å²) in [5.41, 5.74) is 7.16. The monoisotopic (exact) mass is 388 g/mol. The fourth-order valence-corrected chi connectivity index (χ4v) is 4.93. The van der Waals surface area contributed by atoms with Gasteiger partial charge in [-0.2, -0.15) is 0 Å². The molecule has 2 aliphatic rings. The van der Waals surface area contributed by atoms with Crippen molar-refractivity contribution in [2.45, 2.75) is 96.6 Å². The lowest BCUT2D eigenvalue weighted by molar-refractivity contribution is 0.0346. The number of hydrogen-bond donors (Lipinski definition) is 2. The molecule has 0 spiro atoms. The van der Waals surface area contributed by atoms with Crippen molar-refractivity contribution in [2.24, 2.45) is 11.1 Å². The number of amides is 1. The molecule has 2 aliphatic carbocycles. The third-order valence-corrected chi connectivity index (χ3v) is 6.75. The number of aromatic nitrogens is 2.